The molecule has 0 bridgehead atoms. The quantitative estimate of drug-likeness (QED) is 0.817. The Bertz CT molecular complexity index is 724. The molecular weight excluding hydrogens is 328 g/mol. The van der Waals surface area contributed by atoms with Crippen molar-refractivity contribution in [2.24, 2.45) is 11.8 Å². The lowest BCUT2D eigenvalue weighted by molar-refractivity contribution is -0.144. The summed E-state index contributed by atoms with van der Waals surface area (Å²) in [5, 5.41) is 0. The van der Waals surface area contributed by atoms with Crippen LogP contribution >= 0.6 is 0 Å². The first-order valence-electron chi connectivity index (χ1n) is 8.57. The zero-order valence-corrected chi connectivity index (χ0v) is 14.4. The zero-order valence-electron chi connectivity index (χ0n) is 13.6. The molecular formula is C17H22N2O4S. The number of amides is 1. The van der Waals surface area contributed by atoms with Gasteiger partial charge in [-0.05, 0) is 25.3 Å². The molecule has 2 saturated heterocycles. The van der Waals surface area contributed by atoms with Crippen molar-refractivity contribution in [2.45, 2.75) is 30.4 Å². The highest BCUT2D eigenvalue weighted by Gasteiger charge is 2.63. The highest BCUT2D eigenvalue weighted by molar-refractivity contribution is 7.93. The molecule has 0 unspecified atom stereocenters. The van der Waals surface area contributed by atoms with Gasteiger partial charge in [0.25, 0.3) is 0 Å². The molecule has 3 heterocycles. The number of ether oxygens (including phenoxy) is 1. The SMILES string of the molecule is O=C(C1CCC1)N1CC2(C1)[C@H](COc1ccccn1)CCS2(=O)=O. The molecule has 130 valence electrons. The summed E-state index contributed by atoms with van der Waals surface area (Å²) in [6.07, 6.45) is 5.25. The summed E-state index contributed by atoms with van der Waals surface area (Å²) >= 11 is 0. The van der Waals surface area contributed by atoms with Crippen LogP contribution in [0.1, 0.15) is 25.7 Å². The third-order valence-corrected chi connectivity index (χ3v) is 8.46. The summed E-state index contributed by atoms with van der Waals surface area (Å²) < 4.78 is 30.1. The third kappa shape index (κ3) is 2.41. The van der Waals surface area contributed by atoms with E-state index in [0.29, 0.717) is 32.0 Å². The summed E-state index contributed by atoms with van der Waals surface area (Å²) in [7, 11) is -3.18. The number of rotatable bonds is 4. The molecule has 4 rings (SSSR count). The van der Waals surface area contributed by atoms with E-state index in [4.69, 9.17) is 4.74 Å². The Morgan fingerprint density at radius 1 is 1.29 bits per heavy atom. The van der Waals surface area contributed by atoms with Gasteiger partial charge in [0, 0.05) is 37.2 Å². The molecule has 0 radical (unpaired) electrons. The predicted molar refractivity (Wildman–Crippen MR) is 88.3 cm³/mol. The van der Waals surface area contributed by atoms with E-state index in [0.717, 1.165) is 19.3 Å². The Hall–Kier alpha value is -1.63. The molecule has 24 heavy (non-hydrogen) atoms. The minimum absolute atomic E-state index is 0.0741. The standard InChI is InChI=1S/C17H22N2O4S/c20-16(13-4-3-5-13)19-11-17(12-19)14(7-9-24(17,21)22)10-23-15-6-1-2-8-18-15/h1-2,6,8,13-14H,3-5,7,9-12H2/t14-/m0/s1. The number of carbonyl (C=O) groups is 1. The van der Waals surface area contributed by atoms with E-state index >= 15 is 0 Å². The molecule has 0 aromatic carbocycles. The smallest absolute Gasteiger partial charge is 0.225 e. The van der Waals surface area contributed by atoms with Gasteiger partial charge in [-0.2, -0.15) is 0 Å². The first-order chi connectivity index (χ1) is 11.5. The van der Waals surface area contributed by atoms with Crippen LogP contribution in [-0.4, -0.2) is 54.4 Å². The van der Waals surface area contributed by atoms with Crippen LogP contribution in [0.4, 0.5) is 0 Å². The largest absolute Gasteiger partial charge is 0.477 e. The van der Waals surface area contributed by atoms with E-state index in [2.05, 4.69) is 4.98 Å². The van der Waals surface area contributed by atoms with Crippen LogP contribution in [0.5, 0.6) is 5.88 Å². The van der Waals surface area contributed by atoms with Gasteiger partial charge in [-0.25, -0.2) is 13.4 Å². The molecule has 3 fully saturated rings. The molecule has 6 nitrogen and oxygen atoms in total. The maximum Gasteiger partial charge on any atom is 0.225 e. The second-order valence-electron chi connectivity index (χ2n) is 7.17. The zero-order chi connectivity index (χ0) is 16.8. The number of carbonyl (C=O) groups excluding carboxylic acids is 1. The van der Waals surface area contributed by atoms with Crippen LogP contribution in [0.25, 0.3) is 0 Å². The number of pyridine rings is 1. The van der Waals surface area contributed by atoms with Gasteiger partial charge in [0.05, 0.1) is 12.4 Å². The lowest BCUT2D eigenvalue weighted by Crippen LogP contribution is -2.69. The summed E-state index contributed by atoms with van der Waals surface area (Å²) in [5.41, 5.74) is 0. The van der Waals surface area contributed by atoms with Crippen molar-refractivity contribution in [1.29, 1.82) is 0 Å². The van der Waals surface area contributed by atoms with E-state index in [1.54, 1.807) is 17.2 Å². The van der Waals surface area contributed by atoms with E-state index < -0.39 is 14.6 Å². The predicted octanol–water partition coefficient (Wildman–Crippen LogP) is 1.28. The molecule has 1 atom stereocenters. The molecule has 1 amide bonds. The Kier molecular flexibility index (Phi) is 3.78. The minimum atomic E-state index is -3.18. The van der Waals surface area contributed by atoms with Crippen molar-refractivity contribution in [3.63, 3.8) is 0 Å². The summed E-state index contributed by atoms with van der Waals surface area (Å²) in [4.78, 5) is 18.2. The highest BCUT2D eigenvalue weighted by atomic mass is 32.2. The highest BCUT2D eigenvalue weighted by Crippen LogP contribution is 2.46. The normalized spacial score (nSPS) is 27.5. The Labute approximate surface area is 142 Å². The molecule has 2 aliphatic heterocycles. The number of sulfone groups is 1. The Morgan fingerprint density at radius 2 is 2.08 bits per heavy atom. The van der Waals surface area contributed by atoms with Gasteiger partial charge in [0.15, 0.2) is 9.84 Å². The summed E-state index contributed by atoms with van der Waals surface area (Å²) in [6, 6.07) is 5.42. The molecule has 7 heteroatoms. The van der Waals surface area contributed by atoms with Crippen LogP contribution in [0.3, 0.4) is 0 Å². The molecule has 1 aliphatic carbocycles. The van der Waals surface area contributed by atoms with Crippen LogP contribution in [-0.2, 0) is 14.6 Å². The second kappa shape index (κ2) is 5.72. The van der Waals surface area contributed by atoms with Crippen LogP contribution in [0, 0.1) is 11.8 Å². The van der Waals surface area contributed by atoms with E-state index in [9.17, 15) is 13.2 Å². The first kappa shape index (κ1) is 15.9. The molecule has 1 aromatic rings. The average molecular weight is 350 g/mol. The van der Waals surface area contributed by atoms with Gasteiger partial charge in [-0.15, -0.1) is 0 Å². The summed E-state index contributed by atoms with van der Waals surface area (Å²) in [6.45, 7) is 1.00. The van der Waals surface area contributed by atoms with Crippen molar-refractivity contribution in [1.82, 2.24) is 9.88 Å². The van der Waals surface area contributed by atoms with Crippen LogP contribution in [0.15, 0.2) is 24.4 Å². The van der Waals surface area contributed by atoms with Gasteiger partial charge in [0.2, 0.25) is 11.8 Å². The van der Waals surface area contributed by atoms with Gasteiger partial charge < -0.3 is 9.64 Å². The van der Waals surface area contributed by atoms with Crippen molar-refractivity contribution in [2.75, 3.05) is 25.4 Å². The number of hydrogen-bond acceptors (Lipinski definition) is 5. The van der Waals surface area contributed by atoms with Crippen molar-refractivity contribution in [3.05, 3.63) is 24.4 Å². The fraction of sp³-hybridized carbons (Fsp3) is 0.647. The third-order valence-electron chi connectivity index (χ3n) is 5.85. The fourth-order valence-corrected chi connectivity index (χ4v) is 6.40. The van der Waals surface area contributed by atoms with Gasteiger partial charge >= 0.3 is 0 Å². The van der Waals surface area contributed by atoms with Gasteiger partial charge in [-0.1, -0.05) is 12.5 Å². The molecule has 1 spiro atoms. The van der Waals surface area contributed by atoms with Crippen LogP contribution in [0.2, 0.25) is 0 Å². The van der Waals surface area contributed by atoms with E-state index in [1.165, 1.54) is 0 Å². The van der Waals surface area contributed by atoms with Gasteiger partial charge in [-0.3, -0.25) is 4.79 Å². The maximum atomic E-state index is 12.6. The topological polar surface area (TPSA) is 76.6 Å². The molecule has 1 aromatic heterocycles. The van der Waals surface area contributed by atoms with Crippen molar-refractivity contribution in [3.8, 4) is 5.88 Å². The Morgan fingerprint density at radius 3 is 2.71 bits per heavy atom. The van der Waals surface area contributed by atoms with Crippen molar-refractivity contribution < 1.29 is 17.9 Å². The minimum Gasteiger partial charge on any atom is -0.477 e. The monoisotopic (exact) mass is 350 g/mol. The molecule has 0 N–H and O–H groups in total. The number of nitrogens with zero attached hydrogens (tertiary/aromatic N) is 2. The Balaban J connectivity index is 1.44. The first-order valence-corrected chi connectivity index (χ1v) is 10.2. The lowest BCUT2D eigenvalue weighted by Gasteiger charge is -2.51. The van der Waals surface area contributed by atoms with Crippen molar-refractivity contribution >= 4 is 15.7 Å². The number of aromatic nitrogens is 1. The average Bonchev–Trinajstić information content (AvgIpc) is 2.73. The number of likely N-dealkylation sites (tertiary alicyclic amines) is 1. The van der Waals surface area contributed by atoms with Crippen LogP contribution < -0.4 is 4.74 Å². The lowest BCUT2D eigenvalue weighted by atomic mass is 9.79. The number of hydrogen-bond donors (Lipinski definition) is 0. The fourth-order valence-electron chi connectivity index (χ4n) is 4.00. The van der Waals surface area contributed by atoms with E-state index in [1.807, 2.05) is 12.1 Å². The maximum absolute atomic E-state index is 12.6. The van der Waals surface area contributed by atoms with E-state index in [-0.39, 0.29) is 23.5 Å². The van der Waals surface area contributed by atoms with Gasteiger partial charge in [0.1, 0.15) is 4.75 Å². The summed E-state index contributed by atoms with van der Waals surface area (Å²) in [5.74, 6) is 0.885. The molecule has 3 aliphatic rings. The molecule has 1 saturated carbocycles. The second-order valence-corrected chi connectivity index (χ2v) is 9.62.